The second kappa shape index (κ2) is 3.09. The Morgan fingerprint density at radius 2 is 2.60 bits per heavy atom. The van der Waals surface area contributed by atoms with Crippen LogP contribution in [0.2, 0.25) is 0 Å². The van der Waals surface area contributed by atoms with E-state index in [2.05, 4.69) is 4.98 Å². The van der Waals surface area contributed by atoms with Crippen LogP contribution in [-0.4, -0.2) is 16.6 Å². The molecule has 0 aliphatic carbocycles. The molecule has 1 heterocycles. The van der Waals surface area contributed by atoms with Crippen molar-refractivity contribution in [2.75, 3.05) is 6.54 Å². The Bertz CT molecular complexity index is 211. The van der Waals surface area contributed by atoms with Crippen LogP contribution in [0, 0.1) is 6.92 Å². The largest absolute Gasteiger partial charge is 0.386 e. The van der Waals surface area contributed by atoms with Crippen molar-refractivity contribution in [2.24, 2.45) is 5.73 Å². The fraction of sp³-hybridized carbons (Fsp3) is 0.500. The Morgan fingerprint density at radius 1 is 1.90 bits per heavy atom. The molecule has 1 unspecified atom stereocenters. The summed E-state index contributed by atoms with van der Waals surface area (Å²) in [5, 5.41) is 9.24. The van der Waals surface area contributed by atoms with E-state index < -0.39 is 6.10 Å². The number of hydrogen-bond acceptors (Lipinski definition) is 4. The molecule has 3 nitrogen and oxygen atoms in total. The third-order valence-corrected chi connectivity index (χ3v) is 2.34. The molecular weight excluding hydrogens is 148 g/mol. The molecule has 0 aliphatic heterocycles. The Hall–Kier alpha value is -0.450. The topological polar surface area (TPSA) is 59.1 Å². The number of hydrogen-bond donors (Lipinski definition) is 2. The van der Waals surface area contributed by atoms with Gasteiger partial charge in [-0.05, 0) is 6.92 Å². The maximum atomic E-state index is 9.24. The lowest BCUT2D eigenvalue weighted by Crippen LogP contribution is -2.10. The van der Waals surface area contributed by atoms with Crippen molar-refractivity contribution in [2.45, 2.75) is 13.0 Å². The lowest BCUT2D eigenvalue weighted by atomic mass is 10.2. The molecule has 0 aliphatic rings. The first-order valence-corrected chi connectivity index (χ1v) is 3.91. The summed E-state index contributed by atoms with van der Waals surface area (Å²) in [6.07, 6.45) is -0.535. The molecule has 56 valence electrons. The molecule has 0 fully saturated rings. The second-order valence-corrected chi connectivity index (χ2v) is 2.94. The highest BCUT2D eigenvalue weighted by molar-refractivity contribution is 7.09. The van der Waals surface area contributed by atoms with Gasteiger partial charge >= 0.3 is 0 Å². The normalized spacial score (nSPS) is 13.5. The number of aromatic nitrogens is 1. The standard InChI is InChI=1S/C6H10N2OS/c1-4-6(5(9)2-7)10-3-8-4/h3,5,9H,2,7H2,1H3. The summed E-state index contributed by atoms with van der Waals surface area (Å²) in [5.41, 5.74) is 7.85. The van der Waals surface area contributed by atoms with E-state index in [9.17, 15) is 5.11 Å². The van der Waals surface area contributed by atoms with Crippen LogP contribution < -0.4 is 5.73 Å². The van der Waals surface area contributed by atoms with Gasteiger partial charge in [0.2, 0.25) is 0 Å². The molecule has 0 radical (unpaired) electrons. The van der Waals surface area contributed by atoms with Crippen molar-refractivity contribution in [3.63, 3.8) is 0 Å². The van der Waals surface area contributed by atoms with Gasteiger partial charge in [-0.15, -0.1) is 11.3 Å². The van der Waals surface area contributed by atoms with Gasteiger partial charge in [-0.1, -0.05) is 0 Å². The summed E-state index contributed by atoms with van der Waals surface area (Å²) >= 11 is 1.44. The van der Waals surface area contributed by atoms with Gasteiger partial charge in [0.1, 0.15) is 6.10 Å². The summed E-state index contributed by atoms with van der Waals surface area (Å²) in [6, 6.07) is 0. The molecule has 0 amide bonds. The second-order valence-electron chi connectivity index (χ2n) is 2.05. The summed E-state index contributed by atoms with van der Waals surface area (Å²) < 4.78 is 0. The van der Waals surface area contributed by atoms with Crippen molar-refractivity contribution in [1.82, 2.24) is 4.98 Å². The number of aryl methyl sites for hydroxylation is 1. The van der Waals surface area contributed by atoms with Crippen LogP contribution in [0.15, 0.2) is 5.51 Å². The van der Waals surface area contributed by atoms with Crippen LogP contribution >= 0.6 is 11.3 Å². The zero-order valence-electron chi connectivity index (χ0n) is 5.74. The van der Waals surface area contributed by atoms with Crippen LogP contribution in [-0.2, 0) is 0 Å². The van der Waals surface area contributed by atoms with Crippen LogP contribution in [0.1, 0.15) is 16.7 Å². The van der Waals surface area contributed by atoms with E-state index in [0.29, 0.717) is 0 Å². The minimum atomic E-state index is -0.535. The third kappa shape index (κ3) is 1.34. The lowest BCUT2D eigenvalue weighted by molar-refractivity contribution is 0.189. The maximum absolute atomic E-state index is 9.24. The highest BCUT2D eigenvalue weighted by atomic mass is 32.1. The molecule has 1 aromatic heterocycles. The molecule has 0 bridgehead atoms. The van der Waals surface area contributed by atoms with E-state index in [4.69, 9.17) is 5.73 Å². The van der Waals surface area contributed by atoms with Gasteiger partial charge in [0, 0.05) is 6.54 Å². The van der Waals surface area contributed by atoms with E-state index in [1.165, 1.54) is 11.3 Å². The van der Waals surface area contributed by atoms with Gasteiger partial charge in [-0.3, -0.25) is 0 Å². The smallest absolute Gasteiger partial charge is 0.102 e. The van der Waals surface area contributed by atoms with Gasteiger partial charge in [0.25, 0.3) is 0 Å². The monoisotopic (exact) mass is 158 g/mol. The first kappa shape index (κ1) is 7.65. The predicted octanol–water partition coefficient (Wildman–Crippen LogP) is 0.444. The number of thiazole rings is 1. The fourth-order valence-corrected chi connectivity index (χ4v) is 1.54. The van der Waals surface area contributed by atoms with Crippen molar-refractivity contribution in [3.05, 3.63) is 16.1 Å². The number of nitrogens with two attached hydrogens (primary N) is 1. The molecule has 4 heteroatoms. The molecule has 1 atom stereocenters. The molecule has 10 heavy (non-hydrogen) atoms. The van der Waals surface area contributed by atoms with Crippen LogP contribution in [0.3, 0.4) is 0 Å². The molecule has 1 rings (SSSR count). The first-order chi connectivity index (χ1) is 4.75. The number of rotatable bonds is 2. The van der Waals surface area contributed by atoms with Crippen molar-refractivity contribution >= 4 is 11.3 Å². The fourth-order valence-electron chi connectivity index (χ4n) is 0.738. The average Bonchev–Trinajstić information content (AvgIpc) is 2.34. The minimum Gasteiger partial charge on any atom is -0.386 e. The maximum Gasteiger partial charge on any atom is 0.102 e. The zero-order valence-corrected chi connectivity index (χ0v) is 6.56. The van der Waals surface area contributed by atoms with Crippen LogP contribution in [0.25, 0.3) is 0 Å². The quantitative estimate of drug-likeness (QED) is 0.656. The first-order valence-electron chi connectivity index (χ1n) is 3.04. The Labute approximate surface area is 63.5 Å². The molecule has 3 N–H and O–H groups in total. The number of nitrogens with zero attached hydrogens (tertiary/aromatic N) is 1. The van der Waals surface area contributed by atoms with Gasteiger partial charge in [-0.25, -0.2) is 4.98 Å². The third-order valence-electron chi connectivity index (χ3n) is 1.31. The Balaban J connectivity index is 2.82. The van der Waals surface area contributed by atoms with Gasteiger partial charge < -0.3 is 10.8 Å². The number of aliphatic hydroxyl groups is 1. The lowest BCUT2D eigenvalue weighted by Gasteiger charge is -2.03. The predicted molar refractivity (Wildman–Crippen MR) is 40.9 cm³/mol. The highest BCUT2D eigenvalue weighted by Gasteiger charge is 2.09. The highest BCUT2D eigenvalue weighted by Crippen LogP contribution is 2.19. The van der Waals surface area contributed by atoms with Crippen LogP contribution in [0.4, 0.5) is 0 Å². The minimum absolute atomic E-state index is 0.267. The Kier molecular flexibility index (Phi) is 2.37. The Morgan fingerprint density at radius 3 is 3.00 bits per heavy atom. The van der Waals surface area contributed by atoms with Gasteiger partial charge in [-0.2, -0.15) is 0 Å². The molecule has 0 saturated heterocycles. The van der Waals surface area contributed by atoms with Gasteiger partial charge in [0.15, 0.2) is 0 Å². The van der Waals surface area contributed by atoms with Gasteiger partial charge in [0.05, 0.1) is 16.1 Å². The van der Waals surface area contributed by atoms with E-state index in [0.717, 1.165) is 10.6 Å². The molecule has 0 spiro atoms. The summed E-state index contributed by atoms with van der Waals surface area (Å²) in [7, 11) is 0. The molecule has 0 saturated carbocycles. The number of aliphatic hydroxyl groups excluding tert-OH is 1. The molecular formula is C6H10N2OS. The summed E-state index contributed by atoms with van der Waals surface area (Å²) in [5.74, 6) is 0. The average molecular weight is 158 g/mol. The SMILES string of the molecule is Cc1ncsc1C(O)CN. The van der Waals surface area contributed by atoms with E-state index in [-0.39, 0.29) is 6.54 Å². The van der Waals surface area contributed by atoms with Crippen molar-refractivity contribution < 1.29 is 5.11 Å². The molecule has 1 aromatic rings. The molecule has 0 aromatic carbocycles. The summed E-state index contributed by atoms with van der Waals surface area (Å²) in [6.45, 7) is 2.13. The van der Waals surface area contributed by atoms with Crippen molar-refractivity contribution in [3.8, 4) is 0 Å². The van der Waals surface area contributed by atoms with E-state index in [1.807, 2.05) is 6.92 Å². The van der Waals surface area contributed by atoms with Crippen molar-refractivity contribution in [1.29, 1.82) is 0 Å². The van der Waals surface area contributed by atoms with E-state index >= 15 is 0 Å². The zero-order chi connectivity index (χ0) is 7.56. The summed E-state index contributed by atoms with van der Waals surface area (Å²) in [4.78, 5) is 4.87. The van der Waals surface area contributed by atoms with E-state index in [1.54, 1.807) is 5.51 Å². The van der Waals surface area contributed by atoms with Crippen LogP contribution in [0.5, 0.6) is 0 Å².